The van der Waals surface area contributed by atoms with Crippen molar-refractivity contribution < 1.29 is 0 Å². The Kier molecular flexibility index (Phi) is 3.83. The second-order valence-corrected chi connectivity index (χ2v) is 2.43. The fourth-order valence-electron chi connectivity index (χ4n) is 0.394. The summed E-state index contributed by atoms with van der Waals surface area (Å²) in [5.41, 5.74) is 5.99. The Hall–Kier alpha value is -0.0800. The molecule has 0 aromatic carbocycles. The van der Waals surface area contributed by atoms with Crippen LogP contribution in [0.1, 0.15) is 20.8 Å². The van der Waals surface area contributed by atoms with E-state index < -0.39 is 0 Å². The van der Waals surface area contributed by atoms with Gasteiger partial charge in [-0.25, -0.2) is 0 Å². The minimum Gasteiger partial charge on any atom is -0.261 e. The van der Waals surface area contributed by atoms with Gasteiger partial charge in [0.25, 0.3) is 0 Å². The highest BCUT2D eigenvalue weighted by molar-refractivity contribution is 4.59. The third kappa shape index (κ3) is 2.99. The van der Waals surface area contributed by atoms with Crippen molar-refractivity contribution in [3.05, 3.63) is 0 Å². The predicted octanol–water partition coefficient (Wildman–Crippen LogP) is 0.755. The van der Waals surface area contributed by atoms with Crippen LogP contribution in [0.25, 0.3) is 0 Å². The first-order valence-electron chi connectivity index (χ1n) is 3.10. The van der Waals surface area contributed by atoms with Gasteiger partial charge in [0.1, 0.15) is 0 Å². The number of hydrogen-bond acceptors (Lipinski definition) is 2. The van der Waals surface area contributed by atoms with Gasteiger partial charge in [-0.2, -0.15) is 0 Å². The Bertz CT molecular complexity index is 52.5. The minimum atomic E-state index is 0.556. The van der Waals surface area contributed by atoms with Crippen molar-refractivity contribution in [3.63, 3.8) is 0 Å². The largest absolute Gasteiger partial charge is 0.261 e. The van der Waals surface area contributed by atoms with Gasteiger partial charge in [-0.05, 0) is 19.9 Å². The van der Waals surface area contributed by atoms with Crippen molar-refractivity contribution in [2.45, 2.75) is 26.8 Å². The van der Waals surface area contributed by atoms with Crippen LogP contribution in [0.4, 0.5) is 0 Å². The smallest absolute Gasteiger partial charge is 0.0207 e. The summed E-state index contributed by atoms with van der Waals surface area (Å²) < 4.78 is 0. The molecule has 1 atom stereocenters. The van der Waals surface area contributed by atoms with E-state index in [0.29, 0.717) is 12.0 Å². The summed E-state index contributed by atoms with van der Waals surface area (Å²) in [5, 5.41) is 0. The second kappa shape index (κ2) is 3.87. The summed E-state index contributed by atoms with van der Waals surface area (Å²) in [6.45, 7) is 6.53. The van der Waals surface area contributed by atoms with Crippen molar-refractivity contribution in [3.8, 4) is 0 Å². The maximum absolute atomic E-state index is 3.09. The molecule has 0 spiro atoms. The van der Waals surface area contributed by atoms with Crippen LogP contribution < -0.4 is 10.9 Å². The van der Waals surface area contributed by atoms with E-state index in [1.807, 2.05) is 7.05 Å². The molecular weight excluding hydrogens is 100 g/mol. The standard InChI is InChI=1S/C6H16N2/c1-5(2)6(3)8-7-4/h5-8H,1-4H3/t6-/m0/s1. The van der Waals surface area contributed by atoms with Crippen LogP contribution in [0.15, 0.2) is 0 Å². The molecule has 0 bridgehead atoms. The van der Waals surface area contributed by atoms with Crippen LogP contribution in [0, 0.1) is 5.92 Å². The molecule has 0 saturated heterocycles. The summed E-state index contributed by atoms with van der Waals surface area (Å²) in [5.74, 6) is 0.697. The SMILES string of the molecule is CNN[C@@H](C)C(C)C. The molecule has 50 valence electrons. The molecule has 0 unspecified atom stereocenters. The molecule has 0 aromatic rings. The van der Waals surface area contributed by atoms with Gasteiger partial charge >= 0.3 is 0 Å². The second-order valence-electron chi connectivity index (χ2n) is 2.43. The van der Waals surface area contributed by atoms with Crippen molar-refractivity contribution in [1.82, 2.24) is 10.9 Å². The maximum atomic E-state index is 3.09. The lowest BCUT2D eigenvalue weighted by molar-refractivity contribution is 0.391. The van der Waals surface area contributed by atoms with Crippen molar-refractivity contribution in [1.29, 1.82) is 0 Å². The first kappa shape index (κ1) is 7.92. The normalized spacial score (nSPS) is 14.6. The zero-order valence-corrected chi connectivity index (χ0v) is 6.15. The fourth-order valence-corrected chi connectivity index (χ4v) is 0.394. The molecule has 0 heterocycles. The monoisotopic (exact) mass is 116 g/mol. The summed E-state index contributed by atoms with van der Waals surface area (Å²) in [7, 11) is 1.89. The number of rotatable bonds is 3. The van der Waals surface area contributed by atoms with E-state index in [2.05, 4.69) is 31.6 Å². The maximum Gasteiger partial charge on any atom is 0.0207 e. The minimum absolute atomic E-state index is 0.556. The Balaban J connectivity index is 3.17. The van der Waals surface area contributed by atoms with Gasteiger partial charge in [0.15, 0.2) is 0 Å². The van der Waals surface area contributed by atoms with Gasteiger partial charge in [-0.1, -0.05) is 13.8 Å². The van der Waals surface area contributed by atoms with Gasteiger partial charge in [-0.15, -0.1) is 0 Å². The molecule has 2 N–H and O–H groups in total. The third-order valence-electron chi connectivity index (χ3n) is 1.37. The van der Waals surface area contributed by atoms with Gasteiger partial charge in [-0.3, -0.25) is 10.9 Å². The van der Waals surface area contributed by atoms with Gasteiger partial charge in [0.05, 0.1) is 0 Å². The highest BCUT2D eigenvalue weighted by Crippen LogP contribution is 1.96. The number of nitrogens with one attached hydrogen (secondary N) is 2. The summed E-state index contributed by atoms with van der Waals surface area (Å²) >= 11 is 0. The van der Waals surface area contributed by atoms with Crippen LogP contribution in [-0.2, 0) is 0 Å². The molecule has 0 aromatic heterocycles. The molecule has 0 rings (SSSR count). The van der Waals surface area contributed by atoms with E-state index in [4.69, 9.17) is 0 Å². The van der Waals surface area contributed by atoms with Gasteiger partial charge in [0, 0.05) is 6.04 Å². The summed E-state index contributed by atoms with van der Waals surface area (Å²) in [4.78, 5) is 0. The Labute approximate surface area is 51.6 Å². The Morgan fingerprint density at radius 1 is 1.12 bits per heavy atom. The van der Waals surface area contributed by atoms with Crippen LogP contribution in [-0.4, -0.2) is 13.1 Å². The average Bonchev–Trinajstić information content (AvgIpc) is 1.67. The molecule has 0 radical (unpaired) electrons. The molecule has 0 aliphatic carbocycles. The molecule has 2 nitrogen and oxygen atoms in total. The summed E-state index contributed by atoms with van der Waals surface area (Å²) in [6.07, 6.45) is 0. The topological polar surface area (TPSA) is 24.1 Å². The van der Waals surface area contributed by atoms with Gasteiger partial charge in [0.2, 0.25) is 0 Å². The van der Waals surface area contributed by atoms with Crippen molar-refractivity contribution in [2.75, 3.05) is 7.05 Å². The van der Waals surface area contributed by atoms with E-state index in [9.17, 15) is 0 Å². The lowest BCUT2D eigenvalue weighted by atomic mass is 10.1. The Morgan fingerprint density at radius 3 is 1.75 bits per heavy atom. The fraction of sp³-hybridized carbons (Fsp3) is 1.00. The molecule has 0 aliphatic rings. The lowest BCUT2D eigenvalue weighted by Gasteiger charge is -2.15. The highest BCUT2D eigenvalue weighted by Gasteiger charge is 2.02. The zero-order chi connectivity index (χ0) is 6.57. The van der Waals surface area contributed by atoms with Crippen molar-refractivity contribution in [2.24, 2.45) is 5.92 Å². The Morgan fingerprint density at radius 2 is 1.62 bits per heavy atom. The van der Waals surface area contributed by atoms with E-state index in [-0.39, 0.29) is 0 Å². The van der Waals surface area contributed by atoms with Crippen LogP contribution in [0.5, 0.6) is 0 Å². The zero-order valence-electron chi connectivity index (χ0n) is 6.15. The quantitative estimate of drug-likeness (QED) is 0.532. The van der Waals surface area contributed by atoms with E-state index in [0.717, 1.165) is 0 Å². The average molecular weight is 116 g/mol. The van der Waals surface area contributed by atoms with E-state index in [1.54, 1.807) is 0 Å². The summed E-state index contributed by atoms with van der Waals surface area (Å²) in [6, 6.07) is 0.556. The lowest BCUT2D eigenvalue weighted by Crippen LogP contribution is -2.39. The van der Waals surface area contributed by atoms with Gasteiger partial charge < -0.3 is 0 Å². The third-order valence-corrected chi connectivity index (χ3v) is 1.37. The first-order chi connectivity index (χ1) is 3.68. The molecule has 0 fully saturated rings. The van der Waals surface area contributed by atoms with Crippen molar-refractivity contribution >= 4 is 0 Å². The van der Waals surface area contributed by atoms with E-state index in [1.165, 1.54) is 0 Å². The van der Waals surface area contributed by atoms with Crippen LogP contribution >= 0.6 is 0 Å². The number of hydrazine groups is 1. The van der Waals surface area contributed by atoms with Crippen LogP contribution in [0.3, 0.4) is 0 Å². The highest BCUT2D eigenvalue weighted by atomic mass is 15.3. The van der Waals surface area contributed by atoms with E-state index >= 15 is 0 Å². The van der Waals surface area contributed by atoms with Crippen LogP contribution in [0.2, 0.25) is 0 Å². The molecule has 8 heavy (non-hydrogen) atoms. The molecular formula is C6H16N2. The molecule has 2 heteroatoms. The predicted molar refractivity (Wildman–Crippen MR) is 36.5 cm³/mol. The molecule has 0 aliphatic heterocycles. The number of hydrogen-bond donors (Lipinski definition) is 2. The molecule has 0 amide bonds. The first-order valence-corrected chi connectivity index (χ1v) is 3.10. The molecule has 0 saturated carbocycles.